The second kappa shape index (κ2) is 11.1. The molecule has 1 atom stereocenters. The zero-order valence-electron chi connectivity index (χ0n) is 15.5. The van der Waals surface area contributed by atoms with Crippen molar-refractivity contribution in [1.82, 2.24) is 10.6 Å². The summed E-state index contributed by atoms with van der Waals surface area (Å²) in [7, 11) is 0. The average molecular weight is 407 g/mol. The van der Waals surface area contributed by atoms with Crippen LogP contribution in [-0.4, -0.2) is 41.8 Å². The van der Waals surface area contributed by atoms with Gasteiger partial charge in [0.05, 0.1) is 11.5 Å². The minimum absolute atomic E-state index is 0.0143. The number of ether oxygens (including phenoxy) is 1. The largest absolute Gasteiger partial charge is 0.491 e. The number of hydrogen-bond donors (Lipinski definition) is 3. The van der Waals surface area contributed by atoms with Crippen LogP contribution in [-0.2, 0) is 6.54 Å². The van der Waals surface area contributed by atoms with Gasteiger partial charge in [0.15, 0.2) is 5.96 Å². The third-order valence-corrected chi connectivity index (χ3v) is 4.07. The van der Waals surface area contributed by atoms with Gasteiger partial charge in [0.2, 0.25) is 0 Å². The minimum Gasteiger partial charge on any atom is -0.491 e. The fourth-order valence-corrected chi connectivity index (χ4v) is 2.46. The number of halogens is 1. The van der Waals surface area contributed by atoms with E-state index in [1.807, 2.05) is 31.2 Å². The van der Waals surface area contributed by atoms with E-state index in [-0.39, 0.29) is 18.8 Å². The Morgan fingerprint density at radius 3 is 2.61 bits per heavy atom. The van der Waals surface area contributed by atoms with E-state index in [0.717, 1.165) is 5.56 Å². The van der Waals surface area contributed by atoms with Gasteiger partial charge in [0.1, 0.15) is 18.5 Å². The number of nitro benzene ring substituents is 1. The van der Waals surface area contributed by atoms with Crippen LogP contribution in [0.1, 0.15) is 12.5 Å². The first-order chi connectivity index (χ1) is 13.5. The molecule has 0 spiro atoms. The van der Waals surface area contributed by atoms with Crippen LogP contribution < -0.4 is 15.4 Å². The summed E-state index contributed by atoms with van der Waals surface area (Å²) in [5.74, 6) is 1.00. The summed E-state index contributed by atoms with van der Waals surface area (Å²) in [6, 6.07) is 13.2. The Morgan fingerprint density at radius 2 is 1.96 bits per heavy atom. The van der Waals surface area contributed by atoms with Crippen LogP contribution in [0.15, 0.2) is 53.5 Å². The lowest BCUT2D eigenvalue weighted by molar-refractivity contribution is -0.384. The Morgan fingerprint density at radius 1 is 1.25 bits per heavy atom. The van der Waals surface area contributed by atoms with Crippen molar-refractivity contribution in [3.05, 3.63) is 69.2 Å². The molecule has 0 aliphatic rings. The highest BCUT2D eigenvalue weighted by molar-refractivity contribution is 6.31. The second-order valence-electron chi connectivity index (χ2n) is 5.88. The Labute approximate surface area is 168 Å². The third kappa shape index (κ3) is 7.05. The lowest BCUT2D eigenvalue weighted by Gasteiger charge is -2.16. The number of nitro groups is 1. The van der Waals surface area contributed by atoms with Crippen molar-refractivity contribution in [3.63, 3.8) is 0 Å². The minimum atomic E-state index is -0.792. The van der Waals surface area contributed by atoms with Crippen molar-refractivity contribution in [1.29, 1.82) is 0 Å². The number of rotatable bonds is 9. The van der Waals surface area contributed by atoms with Crippen molar-refractivity contribution in [2.24, 2.45) is 4.99 Å². The molecule has 0 heterocycles. The van der Waals surface area contributed by atoms with Gasteiger partial charge in [0.25, 0.3) is 5.69 Å². The van der Waals surface area contributed by atoms with E-state index >= 15 is 0 Å². The van der Waals surface area contributed by atoms with Crippen molar-refractivity contribution >= 4 is 23.2 Å². The summed E-state index contributed by atoms with van der Waals surface area (Å²) in [6.45, 7) is 3.28. The Kier molecular flexibility index (Phi) is 8.51. The van der Waals surface area contributed by atoms with Gasteiger partial charge in [-0.3, -0.25) is 10.1 Å². The van der Waals surface area contributed by atoms with Gasteiger partial charge < -0.3 is 20.5 Å². The van der Waals surface area contributed by atoms with Crippen LogP contribution in [0.25, 0.3) is 0 Å². The SMILES string of the molecule is CCNC(=NCc1ccccc1Cl)NCC(O)COc1ccc([N+](=O)[O-])cc1. The summed E-state index contributed by atoms with van der Waals surface area (Å²) < 4.78 is 5.45. The number of aliphatic hydroxyl groups excluding tert-OH is 1. The summed E-state index contributed by atoms with van der Waals surface area (Å²) in [5, 5.41) is 27.5. The van der Waals surface area contributed by atoms with E-state index in [9.17, 15) is 15.2 Å². The quantitative estimate of drug-likeness (QED) is 0.256. The smallest absolute Gasteiger partial charge is 0.269 e. The molecule has 2 aromatic rings. The maximum Gasteiger partial charge on any atom is 0.269 e. The van der Waals surface area contributed by atoms with Crippen LogP contribution in [0.2, 0.25) is 5.02 Å². The number of benzene rings is 2. The number of nitrogens with zero attached hydrogens (tertiary/aromatic N) is 2. The number of non-ortho nitro benzene ring substituents is 1. The zero-order valence-corrected chi connectivity index (χ0v) is 16.2. The molecule has 0 radical (unpaired) electrons. The molecule has 0 amide bonds. The maximum absolute atomic E-state index is 10.6. The van der Waals surface area contributed by atoms with E-state index in [1.165, 1.54) is 24.3 Å². The fourth-order valence-electron chi connectivity index (χ4n) is 2.26. The van der Waals surface area contributed by atoms with Gasteiger partial charge in [-0.05, 0) is 30.7 Å². The highest BCUT2D eigenvalue weighted by Gasteiger charge is 2.09. The monoisotopic (exact) mass is 406 g/mol. The van der Waals surface area contributed by atoms with Crippen molar-refractivity contribution in [3.8, 4) is 5.75 Å². The highest BCUT2D eigenvalue weighted by atomic mass is 35.5. The molecule has 0 aliphatic heterocycles. The van der Waals surface area contributed by atoms with E-state index in [4.69, 9.17) is 16.3 Å². The van der Waals surface area contributed by atoms with Gasteiger partial charge in [0, 0.05) is 30.2 Å². The standard InChI is InChI=1S/C19H23ClN4O4/c1-2-21-19(22-11-14-5-3-4-6-18(14)20)23-12-16(25)13-28-17-9-7-15(8-10-17)24(26)27/h3-10,16,25H,2,11-13H2,1H3,(H2,21,22,23). The normalized spacial score (nSPS) is 12.3. The van der Waals surface area contributed by atoms with E-state index < -0.39 is 11.0 Å². The van der Waals surface area contributed by atoms with Crippen LogP contribution in [0.4, 0.5) is 5.69 Å². The highest BCUT2D eigenvalue weighted by Crippen LogP contribution is 2.17. The molecule has 0 fully saturated rings. The molecule has 1 unspecified atom stereocenters. The molecule has 3 N–H and O–H groups in total. The lowest BCUT2D eigenvalue weighted by atomic mass is 10.2. The molecule has 0 saturated heterocycles. The van der Waals surface area contributed by atoms with E-state index in [1.54, 1.807) is 0 Å². The fraction of sp³-hybridized carbons (Fsp3) is 0.316. The lowest BCUT2D eigenvalue weighted by Crippen LogP contribution is -2.42. The Balaban J connectivity index is 1.82. The molecule has 0 saturated carbocycles. The van der Waals surface area contributed by atoms with E-state index in [2.05, 4.69) is 15.6 Å². The number of aliphatic hydroxyl groups is 1. The van der Waals surface area contributed by atoms with Crippen molar-refractivity contribution in [2.75, 3.05) is 19.7 Å². The van der Waals surface area contributed by atoms with Crippen LogP contribution in [0.5, 0.6) is 5.75 Å². The maximum atomic E-state index is 10.6. The van der Waals surface area contributed by atoms with Crippen molar-refractivity contribution < 1.29 is 14.8 Å². The molecular formula is C19H23ClN4O4. The number of aliphatic imine (C=N–C) groups is 1. The summed E-state index contributed by atoms with van der Waals surface area (Å²) in [5.41, 5.74) is 0.892. The Bertz CT molecular complexity index is 799. The summed E-state index contributed by atoms with van der Waals surface area (Å²) in [4.78, 5) is 14.6. The predicted molar refractivity (Wildman–Crippen MR) is 109 cm³/mol. The third-order valence-electron chi connectivity index (χ3n) is 3.70. The molecule has 8 nitrogen and oxygen atoms in total. The molecule has 2 aromatic carbocycles. The number of hydrogen-bond acceptors (Lipinski definition) is 5. The first-order valence-corrected chi connectivity index (χ1v) is 9.18. The van der Waals surface area contributed by atoms with Gasteiger partial charge in [-0.2, -0.15) is 0 Å². The first-order valence-electron chi connectivity index (χ1n) is 8.80. The van der Waals surface area contributed by atoms with E-state index in [0.29, 0.717) is 29.8 Å². The molecule has 0 aromatic heterocycles. The number of guanidine groups is 1. The zero-order chi connectivity index (χ0) is 20.4. The topological polar surface area (TPSA) is 109 Å². The predicted octanol–water partition coefficient (Wildman–Crippen LogP) is 2.74. The van der Waals surface area contributed by atoms with Gasteiger partial charge in [-0.15, -0.1) is 0 Å². The molecule has 2 rings (SSSR count). The molecule has 0 aliphatic carbocycles. The van der Waals surface area contributed by atoms with Gasteiger partial charge >= 0.3 is 0 Å². The Hall–Kier alpha value is -2.84. The second-order valence-corrected chi connectivity index (χ2v) is 6.29. The van der Waals surface area contributed by atoms with Gasteiger partial charge in [-0.1, -0.05) is 29.8 Å². The molecule has 0 bridgehead atoms. The van der Waals surface area contributed by atoms with Crippen LogP contribution in [0.3, 0.4) is 0 Å². The van der Waals surface area contributed by atoms with Gasteiger partial charge in [-0.25, -0.2) is 4.99 Å². The molecular weight excluding hydrogens is 384 g/mol. The molecule has 28 heavy (non-hydrogen) atoms. The summed E-state index contributed by atoms with van der Waals surface area (Å²) >= 11 is 6.13. The average Bonchev–Trinajstić information content (AvgIpc) is 2.69. The van der Waals surface area contributed by atoms with Crippen molar-refractivity contribution in [2.45, 2.75) is 19.6 Å². The molecule has 150 valence electrons. The van der Waals surface area contributed by atoms with Crippen LogP contribution in [0, 0.1) is 10.1 Å². The van der Waals surface area contributed by atoms with Crippen LogP contribution >= 0.6 is 11.6 Å². The first kappa shape index (κ1) is 21.5. The summed E-state index contributed by atoms with van der Waals surface area (Å²) in [6.07, 6.45) is -0.792. The molecule has 9 heteroatoms. The number of nitrogens with one attached hydrogen (secondary N) is 2.